The molecular formula is C25H33N7O2. The zero-order chi connectivity index (χ0) is 23.8. The Morgan fingerprint density at radius 1 is 1.18 bits per heavy atom. The minimum Gasteiger partial charge on any atom is -0.393 e. The van der Waals surface area contributed by atoms with Gasteiger partial charge in [0.1, 0.15) is 11.4 Å². The van der Waals surface area contributed by atoms with Crippen molar-refractivity contribution in [1.29, 1.82) is 0 Å². The first-order valence-corrected chi connectivity index (χ1v) is 12.0. The van der Waals surface area contributed by atoms with Gasteiger partial charge in [-0.3, -0.25) is 4.79 Å². The summed E-state index contributed by atoms with van der Waals surface area (Å²) < 4.78 is 1.79. The van der Waals surface area contributed by atoms with Crippen LogP contribution in [-0.4, -0.2) is 49.5 Å². The van der Waals surface area contributed by atoms with E-state index in [9.17, 15) is 9.90 Å². The van der Waals surface area contributed by atoms with Crippen molar-refractivity contribution >= 4 is 17.7 Å². The lowest BCUT2D eigenvalue weighted by molar-refractivity contribution is 0.0950. The lowest BCUT2D eigenvalue weighted by Gasteiger charge is -2.27. The van der Waals surface area contributed by atoms with Gasteiger partial charge in [-0.25, -0.2) is 9.67 Å². The summed E-state index contributed by atoms with van der Waals surface area (Å²) in [6.45, 7) is 3.31. The molecule has 1 saturated carbocycles. The van der Waals surface area contributed by atoms with E-state index < -0.39 is 0 Å². The summed E-state index contributed by atoms with van der Waals surface area (Å²) >= 11 is 0. The average Bonchev–Trinajstić information content (AvgIpc) is 3.40. The van der Waals surface area contributed by atoms with Crippen LogP contribution < -0.4 is 16.0 Å². The van der Waals surface area contributed by atoms with Crippen LogP contribution in [0, 0.1) is 0 Å². The number of benzene rings is 1. The Kier molecular flexibility index (Phi) is 8.08. The first-order chi connectivity index (χ1) is 16.6. The van der Waals surface area contributed by atoms with E-state index in [1.54, 1.807) is 17.1 Å². The molecule has 0 bridgehead atoms. The maximum atomic E-state index is 13.1. The normalized spacial score (nSPS) is 17.8. The number of nitrogens with zero attached hydrogens (tertiary/aromatic N) is 4. The molecule has 1 fully saturated rings. The second-order valence-corrected chi connectivity index (χ2v) is 8.69. The van der Waals surface area contributed by atoms with E-state index in [2.05, 4.69) is 37.9 Å². The van der Waals surface area contributed by atoms with Crippen molar-refractivity contribution in [2.75, 3.05) is 17.2 Å². The summed E-state index contributed by atoms with van der Waals surface area (Å²) in [5.41, 5.74) is 2.36. The number of rotatable bonds is 10. The van der Waals surface area contributed by atoms with Crippen LogP contribution in [0.3, 0.4) is 0 Å². The van der Waals surface area contributed by atoms with E-state index >= 15 is 0 Å². The van der Waals surface area contributed by atoms with E-state index in [1.807, 2.05) is 36.5 Å². The monoisotopic (exact) mass is 463 g/mol. The summed E-state index contributed by atoms with van der Waals surface area (Å²) in [5, 5.41) is 23.7. The molecule has 3 aromatic rings. The Hall–Kier alpha value is -3.46. The van der Waals surface area contributed by atoms with Gasteiger partial charge in [-0.15, -0.1) is 0 Å². The van der Waals surface area contributed by atoms with Crippen LogP contribution in [0.1, 0.15) is 61.4 Å². The summed E-state index contributed by atoms with van der Waals surface area (Å²) in [5.74, 6) is 0.814. The van der Waals surface area contributed by atoms with Gasteiger partial charge in [-0.1, -0.05) is 25.5 Å². The van der Waals surface area contributed by atoms with Crippen molar-refractivity contribution in [1.82, 2.24) is 25.1 Å². The van der Waals surface area contributed by atoms with Gasteiger partial charge < -0.3 is 21.1 Å². The predicted molar refractivity (Wildman–Crippen MR) is 132 cm³/mol. The molecule has 1 amide bonds. The molecular weight excluding hydrogens is 430 g/mol. The van der Waals surface area contributed by atoms with Crippen LogP contribution in [0.15, 0.2) is 48.9 Å². The Morgan fingerprint density at radius 2 is 1.97 bits per heavy atom. The van der Waals surface area contributed by atoms with Crippen LogP contribution in [0.4, 0.5) is 11.8 Å². The second kappa shape index (κ2) is 11.6. The fourth-order valence-corrected chi connectivity index (χ4v) is 4.00. The number of nitrogens with one attached hydrogen (secondary N) is 3. The van der Waals surface area contributed by atoms with Crippen LogP contribution in [0.5, 0.6) is 0 Å². The summed E-state index contributed by atoms with van der Waals surface area (Å²) in [6.07, 6.45) is 10.2. The number of aliphatic hydroxyl groups is 1. The van der Waals surface area contributed by atoms with Gasteiger partial charge in [0.25, 0.3) is 5.91 Å². The first-order valence-electron chi connectivity index (χ1n) is 12.0. The highest BCUT2D eigenvalue weighted by Gasteiger charge is 2.22. The standard InChI is InChI=1S/C25H33N7O2/c1-2-3-13-26-25-28-17-22(23(31-25)30-19-7-11-21(33)12-8-19)24(34)27-16-18-5-9-20(10-6-18)32-15-4-14-29-32/h4-6,9-10,14-15,17,19,21,33H,2-3,7-8,11-13,16H2,1H3,(H,27,34)(H2,26,28,30,31). The number of aliphatic hydroxyl groups excluding tert-OH is 1. The smallest absolute Gasteiger partial charge is 0.256 e. The summed E-state index contributed by atoms with van der Waals surface area (Å²) in [7, 11) is 0. The van der Waals surface area contributed by atoms with E-state index in [-0.39, 0.29) is 18.1 Å². The third kappa shape index (κ3) is 6.32. The Morgan fingerprint density at radius 3 is 2.68 bits per heavy atom. The SMILES string of the molecule is CCCCNc1ncc(C(=O)NCc2ccc(-n3cccn3)cc2)c(NC2CCC(O)CC2)n1. The van der Waals surface area contributed by atoms with Gasteiger partial charge in [0, 0.05) is 37.7 Å². The molecule has 1 aromatic carbocycles. The Labute approximate surface area is 200 Å². The zero-order valence-electron chi connectivity index (χ0n) is 19.6. The van der Waals surface area contributed by atoms with Crippen LogP contribution in [-0.2, 0) is 6.54 Å². The van der Waals surface area contributed by atoms with Gasteiger partial charge in [0.05, 0.1) is 11.8 Å². The van der Waals surface area contributed by atoms with E-state index in [1.165, 1.54) is 0 Å². The van der Waals surface area contributed by atoms with Crippen LogP contribution in [0.2, 0.25) is 0 Å². The number of amides is 1. The molecule has 2 aromatic heterocycles. The molecule has 9 nitrogen and oxygen atoms in total. The maximum absolute atomic E-state index is 13.1. The number of carbonyl (C=O) groups excluding carboxylic acids is 1. The molecule has 1 aliphatic carbocycles. The third-order valence-electron chi connectivity index (χ3n) is 6.04. The highest BCUT2D eigenvalue weighted by molar-refractivity contribution is 5.98. The zero-order valence-corrected chi connectivity index (χ0v) is 19.6. The van der Waals surface area contributed by atoms with Gasteiger partial charge in [-0.05, 0) is 55.9 Å². The van der Waals surface area contributed by atoms with Crippen molar-refractivity contribution in [3.05, 3.63) is 60.0 Å². The molecule has 0 unspecified atom stereocenters. The van der Waals surface area contributed by atoms with Gasteiger partial charge >= 0.3 is 0 Å². The number of unbranched alkanes of at least 4 members (excludes halogenated alkanes) is 1. The molecule has 4 rings (SSSR count). The highest BCUT2D eigenvalue weighted by atomic mass is 16.3. The van der Waals surface area contributed by atoms with Crippen molar-refractivity contribution in [2.24, 2.45) is 0 Å². The molecule has 0 saturated heterocycles. The largest absolute Gasteiger partial charge is 0.393 e. The van der Waals surface area contributed by atoms with Gasteiger partial charge in [-0.2, -0.15) is 10.1 Å². The summed E-state index contributed by atoms with van der Waals surface area (Å²) in [6, 6.07) is 9.94. The molecule has 0 spiro atoms. The van der Waals surface area contributed by atoms with Gasteiger partial charge in [0.2, 0.25) is 5.95 Å². The van der Waals surface area contributed by atoms with Crippen molar-refractivity contribution in [3.8, 4) is 5.69 Å². The minimum absolute atomic E-state index is 0.170. The first kappa shape index (κ1) is 23.7. The molecule has 4 N–H and O–H groups in total. The highest BCUT2D eigenvalue weighted by Crippen LogP contribution is 2.24. The van der Waals surface area contributed by atoms with Gasteiger partial charge in [0.15, 0.2) is 0 Å². The molecule has 0 radical (unpaired) electrons. The topological polar surface area (TPSA) is 117 Å². The molecule has 0 atom stereocenters. The number of carbonyl (C=O) groups is 1. The van der Waals surface area contributed by atoms with E-state index in [4.69, 9.17) is 0 Å². The summed E-state index contributed by atoms with van der Waals surface area (Å²) in [4.78, 5) is 22.0. The number of hydrogen-bond donors (Lipinski definition) is 4. The van der Waals surface area contributed by atoms with E-state index in [0.29, 0.717) is 23.9 Å². The molecule has 180 valence electrons. The van der Waals surface area contributed by atoms with Crippen molar-refractivity contribution < 1.29 is 9.90 Å². The molecule has 9 heteroatoms. The van der Waals surface area contributed by atoms with Crippen LogP contribution >= 0.6 is 0 Å². The Balaban J connectivity index is 1.43. The second-order valence-electron chi connectivity index (χ2n) is 8.69. The quantitative estimate of drug-likeness (QED) is 0.340. The molecule has 1 aliphatic rings. The van der Waals surface area contributed by atoms with Crippen LogP contribution in [0.25, 0.3) is 5.69 Å². The fourth-order valence-electron chi connectivity index (χ4n) is 4.00. The lowest BCUT2D eigenvalue weighted by atomic mass is 9.93. The third-order valence-corrected chi connectivity index (χ3v) is 6.04. The maximum Gasteiger partial charge on any atom is 0.256 e. The molecule has 34 heavy (non-hydrogen) atoms. The number of hydrogen-bond acceptors (Lipinski definition) is 7. The van der Waals surface area contributed by atoms with E-state index in [0.717, 1.165) is 56.3 Å². The van der Waals surface area contributed by atoms with Crippen molar-refractivity contribution in [3.63, 3.8) is 0 Å². The Bertz CT molecular complexity index is 1050. The predicted octanol–water partition coefficient (Wildman–Crippen LogP) is 3.52. The number of aromatic nitrogens is 4. The fraction of sp³-hybridized carbons (Fsp3) is 0.440. The lowest BCUT2D eigenvalue weighted by Crippen LogP contribution is -2.31. The average molecular weight is 464 g/mol. The molecule has 0 aliphatic heterocycles. The molecule has 2 heterocycles. The number of anilines is 2. The van der Waals surface area contributed by atoms with Crippen molar-refractivity contribution in [2.45, 2.75) is 64.1 Å². The minimum atomic E-state index is -0.239.